The van der Waals surface area contributed by atoms with E-state index in [1.54, 1.807) is 0 Å². The second kappa shape index (κ2) is 5.96. The predicted octanol–water partition coefficient (Wildman–Crippen LogP) is 3.36. The molecule has 3 heteroatoms. The zero-order valence-corrected chi connectivity index (χ0v) is 15.5. The Kier molecular flexibility index (Phi) is 4.29. The highest BCUT2D eigenvalue weighted by Crippen LogP contribution is 2.67. The molecule has 4 aliphatic carbocycles. The highest BCUT2D eigenvalue weighted by Gasteiger charge is 2.60. The number of aliphatic hydroxyl groups is 3. The van der Waals surface area contributed by atoms with Gasteiger partial charge in [0.2, 0.25) is 0 Å². The second-order valence-electron chi connectivity index (χ2n) is 10.1. The van der Waals surface area contributed by atoms with Gasteiger partial charge in [0.25, 0.3) is 0 Å². The quantitative estimate of drug-likeness (QED) is 0.724. The molecule has 4 fully saturated rings. The molecule has 0 saturated heterocycles. The summed E-state index contributed by atoms with van der Waals surface area (Å²) in [5, 5.41) is 29.9. The molecule has 0 spiro atoms. The molecule has 4 rings (SSSR count). The maximum absolute atomic E-state index is 10.3. The molecule has 0 heterocycles. The summed E-state index contributed by atoms with van der Waals surface area (Å²) in [6.45, 7) is 4.85. The van der Waals surface area contributed by atoms with Gasteiger partial charge in [0, 0.05) is 0 Å². The molecule has 4 aliphatic rings. The lowest BCUT2D eigenvalue weighted by Gasteiger charge is -2.61. The summed E-state index contributed by atoms with van der Waals surface area (Å²) in [7, 11) is 0. The highest BCUT2D eigenvalue weighted by atomic mass is 16.3. The van der Waals surface area contributed by atoms with Crippen LogP contribution < -0.4 is 0 Å². The van der Waals surface area contributed by atoms with Crippen LogP contribution in [-0.4, -0.2) is 34.1 Å². The lowest BCUT2D eigenvalue weighted by molar-refractivity contribution is -0.134. The molecule has 0 bridgehead atoms. The molecule has 9 atom stereocenters. The third-order valence-electron chi connectivity index (χ3n) is 9.36. The second-order valence-corrected chi connectivity index (χ2v) is 10.1. The molecular weight excluding hydrogens is 300 g/mol. The summed E-state index contributed by atoms with van der Waals surface area (Å²) in [6, 6.07) is 0. The van der Waals surface area contributed by atoms with Crippen LogP contribution in [0.15, 0.2) is 0 Å². The van der Waals surface area contributed by atoms with Gasteiger partial charge in [0.05, 0.1) is 18.8 Å². The number of aliphatic hydroxyl groups excluding tert-OH is 3. The van der Waals surface area contributed by atoms with Crippen LogP contribution in [0.4, 0.5) is 0 Å². The minimum atomic E-state index is -0.534. The molecule has 0 aromatic rings. The van der Waals surface area contributed by atoms with Crippen LogP contribution in [-0.2, 0) is 0 Å². The first kappa shape index (κ1) is 17.3. The average molecular weight is 337 g/mol. The molecule has 138 valence electrons. The van der Waals surface area contributed by atoms with E-state index in [9.17, 15) is 15.3 Å². The van der Waals surface area contributed by atoms with Crippen molar-refractivity contribution in [2.24, 2.45) is 40.4 Å². The van der Waals surface area contributed by atoms with E-state index >= 15 is 0 Å². The number of fused-ring (bicyclic) bond motifs is 5. The Hall–Kier alpha value is -0.120. The smallest absolute Gasteiger partial charge is 0.0804 e. The maximum atomic E-state index is 10.3. The van der Waals surface area contributed by atoms with Gasteiger partial charge in [-0.2, -0.15) is 0 Å². The number of rotatable bonds is 2. The van der Waals surface area contributed by atoms with Gasteiger partial charge in [0.1, 0.15) is 0 Å². The molecule has 0 aromatic heterocycles. The Morgan fingerprint density at radius 1 is 0.917 bits per heavy atom. The van der Waals surface area contributed by atoms with E-state index in [0.717, 1.165) is 37.0 Å². The molecule has 0 aromatic carbocycles. The lowest BCUT2D eigenvalue weighted by atomic mass is 9.44. The first-order valence-corrected chi connectivity index (χ1v) is 10.4. The topological polar surface area (TPSA) is 60.7 Å². The van der Waals surface area contributed by atoms with Crippen molar-refractivity contribution in [3.05, 3.63) is 0 Å². The summed E-state index contributed by atoms with van der Waals surface area (Å²) in [6.07, 6.45) is 10.0. The van der Waals surface area contributed by atoms with Crippen molar-refractivity contribution >= 4 is 0 Å². The van der Waals surface area contributed by atoms with Crippen molar-refractivity contribution in [2.45, 2.75) is 83.8 Å². The minimum Gasteiger partial charge on any atom is -0.394 e. The van der Waals surface area contributed by atoms with Crippen LogP contribution in [0.25, 0.3) is 0 Å². The maximum Gasteiger partial charge on any atom is 0.0804 e. The molecule has 0 amide bonds. The number of hydrogen-bond donors (Lipinski definition) is 3. The Bertz CT molecular complexity index is 480. The lowest BCUT2D eigenvalue weighted by Crippen LogP contribution is -2.54. The molecule has 24 heavy (non-hydrogen) atoms. The first-order chi connectivity index (χ1) is 11.4. The van der Waals surface area contributed by atoms with Crippen LogP contribution in [0.5, 0.6) is 0 Å². The molecule has 3 nitrogen and oxygen atoms in total. The fourth-order valence-corrected chi connectivity index (χ4v) is 8.04. The zero-order valence-electron chi connectivity index (χ0n) is 15.5. The molecular formula is C21H36O3. The predicted molar refractivity (Wildman–Crippen MR) is 94.3 cm³/mol. The van der Waals surface area contributed by atoms with E-state index in [4.69, 9.17) is 0 Å². The van der Waals surface area contributed by atoms with Gasteiger partial charge >= 0.3 is 0 Å². The van der Waals surface area contributed by atoms with Gasteiger partial charge in [0.15, 0.2) is 0 Å². The van der Waals surface area contributed by atoms with E-state index in [0.29, 0.717) is 11.3 Å². The van der Waals surface area contributed by atoms with Crippen molar-refractivity contribution < 1.29 is 15.3 Å². The van der Waals surface area contributed by atoms with E-state index in [1.165, 1.54) is 38.5 Å². The fourth-order valence-electron chi connectivity index (χ4n) is 8.04. The van der Waals surface area contributed by atoms with Gasteiger partial charge in [-0.1, -0.05) is 13.8 Å². The Morgan fingerprint density at radius 3 is 2.38 bits per heavy atom. The van der Waals surface area contributed by atoms with Gasteiger partial charge < -0.3 is 15.3 Å². The van der Waals surface area contributed by atoms with Crippen molar-refractivity contribution in [3.8, 4) is 0 Å². The molecule has 0 aliphatic heterocycles. The van der Waals surface area contributed by atoms with E-state index in [1.807, 2.05) is 0 Å². The number of hydrogen-bond acceptors (Lipinski definition) is 3. The van der Waals surface area contributed by atoms with Crippen molar-refractivity contribution in [1.29, 1.82) is 0 Å². The first-order valence-electron chi connectivity index (χ1n) is 10.4. The summed E-state index contributed by atoms with van der Waals surface area (Å²) in [4.78, 5) is 0. The molecule has 0 unspecified atom stereocenters. The SMILES string of the molecule is C[C@]12CC[C@H](O)C[C@@H]1CC[C@@H]1[C@@H]2CC[C@]2(C)[C@@H]([C@H](O)CO)CC[C@@H]12. The van der Waals surface area contributed by atoms with Gasteiger partial charge in [-0.25, -0.2) is 0 Å². The molecule has 4 saturated carbocycles. The van der Waals surface area contributed by atoms with Gasteiger partial charge in [-0.05, 0) is 98.2 Å². The fraction of sp³-hybridized carbons (Fsp3) is 1.00. The van der Waals surface area contributed by atoms with E-state index in [2.05, 4.69) is 13.8 Å². The van der Waals surface area contributed by atoms with Gasteiger partial charge in [-0.3, -0.25) is 0 Å². The molecule has 3 N–H and O–H groups in total. The van der Waals surface area contributed by atoms with E-state index in [-0.39, 0.29) is 24.0 Å². The minimum absolute atomic E-state index is 0.0657. The van der Waals surface area contributed by atoms with Crippen LogP contribution in [0.3, 0.4) is 0 Å². The molecule has 0 radical (unpaired) electrons. The summed E-state index contributed by atoms with van der Waals surface area (Å²) < 4.78 is 0. The van der Waals surface area contributed by atoms with Crippen molar-refractivity contribution in [2.75, 3.05) is 6.61 Å². The monoisotopic (exact) mass is 336 g/mol. The van der Waals surface area contributed by atoms with Crippen molar-refractivity contribution in [3.63, 3.8) is 0 Å². The Morgan fingerprint density at radius 2 is 1.62 bits per heavy atom. The Balaban J connectivity index is 1.59. The van der Waals surface area contributed by atoms with Gasteiger partial charge in [-0.15, -0.1) is 0 Å². The van der Waals surface area contributed by atoms with Crippen molar-refractivity contribution in [1.82, 2.24) is 0 Å². The summed E-state index contributed by atoms with van der Waals surface area (Å²) in [5.74, 6) is 3.34. The highest BCUT2D eigenvalue weighted by molar-refractivity contribution is 5.10. The normalized spacial score (nSPS) is 55.4. The third kappa shape index (κ3) is 2.34. The van der Waals surface area contributed by atoms with Crippen LogP contribution in [0.2, 0.25) is 0 Å². The van der Waals surface area contributed by atoms with Crippen LogP contribution in [0, 0.1) is 40.4 Å². The zero-order chi connectivity index (χ0) is 17.1. The average Bonchev–Trinajstić information content (AvgIpc) is 2.92. The summed E-state index contributed by atoms with van der Waals surface area (Å²) in [5.41, 5.74) is 0.651. The standard InChI is InChI=1S/C21H36O3/c1-20-9-7-14(23)11-13(20)3-4-15-16-5-6-18(19(24)12-22)21(16,2)10-8-17(15)20/h13-19,22-24H,3-12H2,1-2H3/t13-,14-,15-,16-,17-,18+,19+,20-,21-/m0/s1. The van der Waals surface area contributed by atoms with E-state index < -0.39 is 6.10 Å². The largest absolute Gasteiger partial charge is 0.394 e. The summed E-state index contributed by atoms with van der Waals surface area (Å²) >= 11 is 0. The Labute approximate surface area is 146 Å². The van der Waals surface area contributed by atoms with Crippen LogP contribution in [0.1, 0.15) is 71.6 Å². The third-order valence-corrected chi connectivity index (χ3v) is 9.36. The van der Waals surface area contributed by atoms with Crippen LogP contribution >= 0.6 is 0 Å².